The maximum atomic E-state index is 9.17. The number of piperidine rings is 1. The number of nitrogens with zero attached hydrogens (tertiary/aromatic N) is 1. The summed E-state index contributed by atoms with van der Waals surface area (Å²) in [6.07, 6.45) is 8.01. The summed E-state index contributed by atoms with van der Waals surface area (Å²) in [6.45, 7) is 1.90. The van der Waals surface area contributed by atoms with Gasteiger partial charge in [0.15, 0.2) is 6.23 Å². The molecule has 1 atom stereocenters. The van der Waals surface area contributed by atoms with Crippen LogP contribution < -0.4 is 0 Å². The molecule has 1 heterocycles. The first kappa shape index (κ1) is 7.59. The molecule has 10 heavy (non-hydrogen) atoms. The first-order valence-electron chi connectivity index (χ1n) is 3.73. The van der Waals surface area contributed by atoms with Crippen molar-refractivity contribution in [3.05, 3.63) is 0 Å². The van der Waals surface area contributed by atoms with Crippen LogP contribution in [0.1, 0.15) is 19.3 Å². The van der Waals surface area contributed by atoms with Gasteiger partial charge in [0.05, 0.1) is 0 Å². The minimum absolute atomic E-state index is 0.653. The molecule has 2 heteroatoms. The summed E-state index contributed by atoms with van der Waals surface area (Å²) in [7, 11) is 0. The van der Waals surface area contributed by atoms with Gasteiger partial charge in [0.2, 0.25) is 0 Å². The quantitative estimate of drug-likeness (QED) is 0.532. The van der Waals surface area contributed by atoms with Gasteiger partial charge in [-0.15, -0.1) is 6.42 Å². The SMILES string of the molecule is C#CC(O)N1CCCCC1. The topological polar surface area (TPSA) is 23.5 Å². The molecule has 1 aliphatic rings. The summed E-state index contributed by atoms with van der Waals surface area (Å²) in [5, 5.41) is 9.17. The Balaban J connectivity index is 2.33. The lowest BCUT2D eigenvalue weighted by Crippen LogP contribution is -2.38. The number of aliphatic hydroxyl groups is 1. The summed E-state index contributed by atoms with van der Waals surface area (Å²) in [6, 6.07) is 0. The van der Waals surface area contributed by atoms with Crippen LogP contribution in [0.5, 0.6) is 0 Å². The number of aliphatic hydroxyl groups excluding tert-OH is 1. The van der Waals surface area contributed by atoms with E-state index in [1.807, 2.05) is 4.90 Å². The molecule has 1 fully saturated rings. The monoisotopic (exact) mass is 139 g/mol. The van der Waals surface area contributed by atoms with Crippen LogP contribution >= 0.6 is 0 Å². The van der Waals surface area contributed by atoms with Gasteiger partial charge >= 0.3 is 0 Å². The van der Waals surface area contributed by atoms with E-state index in [1.54, 1.807) is 0 Å². The van der Waals surface area contributed by atoms with Gasteiger partial charge in [-0.25, -0.2) is 0 Å². The maximum absolute atomic E-state index is 9.17. The van der Waals surface area contributed by atoms with Crippen LogP contribution in [0.25, 0.3) is 0 Å². The van der Waals surface area contributed by atoms with E-state index in [9.17, 15) is 5.11 Å². The van der Waals surface area contributed by atoms with Crippen molar-refractivity contribution in [1.82, 2.24) is 4.90 Å². The summed E-state index contributed by atoms with van der Waals surface area (Å²) in [5.74, 6) is 2.32. The average Bonchev–Trinajstić information content (AvgIpc) is 2.05. The van der Waals surface area contributed by atoms with Gasteiger partial charge < -0.3 is 5.11 Å². The molecule has 0 radical (unpaired) electrons. The number of hydrogen-bond acceptors (Lipinski definition) is 2. The molecule has 0 aromatic heterocycles. The molecule has 0 aromatic carbocycles. The van der Waals surface area contributed by atoms with E-state index in [1.165, 1.54) is 19.3 Å². The van der Waals surface area contributed by atoms with Crippen LogP contribution in [0.3, 0.4) is 0 Å². The fourth-order valence-corrected chi connectivity index (χ4v) is 1.27. The van der Waals surface area contributed by atoms with Gasteiger partial charge in [0.1, 0.15) is 0 Å². The zero-order valence-electron chi connectivity index (χ0n) is 6.08. The Morgan fingerprint density at radius 3 is 2.40 bits per heavy atom. The van der Waals surface area contributed by atoms with Crippen molar-refractivity contribution in [2.45, 2.75) is 25.5 Å². The molecular formula is C8H13NO. The summed E-state index contributed by atoms with van der Waals surface area (Å²) in [4.78, 5) is 1.93. The van der Waals surface area contributed by atoms with E-state index >= 15 is 0 Å². The zero-order valence-corrected chi connectivity index (χ0v) is 6.08. The van der Waals surface area contributed by atoms with Crippen molar-refractivity contribution in [3.8, 4) is 12.3 Å². The molecule has 2 nitrogen and oxygen atoms in total. The Hall–Kier alpha value is -0.520. The molecule has 0 aromatic rings. The van der Waals surface area contributed by atoms with E-state index in [0.717, 1.165) is 13.1 Å². The minimum Gasteiger partial charge on any atom is -0.367 e. The first-order valence-corrected chi connectivity index (χ1v) is 3.73. The van der Waals surface area contributed by atoms with E-state index < -0.39 is 6.23 Å². The van der Waals surface area contributed by atoms with Crippen LogP contribution in [0, 0.1) is 12.3 Å². The second-order valence-electron chi connectivity index (χ2n) is 2.64. The van der Waals surface area contributed by atoms with Gasteiger partial charge in [0, 0.05) is 13.1 Å². The van der Waals surface area contributed by atoms with Crippen molar-refractivity contribution < 1.29 is 5.11 Å². The molecule has 1 saturated heterocycles. The smallest absolute Gasteiger partial charge is 0.170 e. The lowest BCUT2D eigenvalue weighted by molar-refractivity contribution is 0.0355. The van der Waals surface area contributed by atoms with E-state index in [2.05, 4.69) is 5.92 Å². The molecular weight excluding hydrogens is 126 g/mol. The molecule has 0 aliphatic carbocycles. The predicted molar refractivity (Wildman–Crippen MR) is 40.3 cm³/mol. The minimum atomic E-state index is -0.653. The Morgan fingerprint density at radius 2 is 1.90 bits per heavy atom. The average molecular weight is 139 g/mol. The molecule has 0 bridgehead atoms. The first-order chi connectivity index (χ1) is 4.84. The van der Waals surface area contributed by atoms with Crippen molar-refractivity contribution in [1.29, 1.82) is 0 Å². The normalized spacial score (nSPS) is 23.6. The highest BCUT2D eigenvalue weighted by Crippen LogP contribution is 2.09. The Labute approximate surface area is 61.8 Å². The third-order valence-electron chi connectivity index (χ3n) is 1.89. The van der Waals surface area contributed by atoms with Crippen LogP contribution in [0.15, 0.2) is 0 Å². The predicted octanol–water partition coefficient (Wildman–Crippen LogP) is 0.424. The van der Waals surface area contributed by atoms with Crippen LogP contribution in [0.2, 0.25) is 0 Å². The molecule has 0 saturated carbocycles. The van der Waals surface area contributed by atoms with Crippen molar-refractivity contribution in [2.75, 3.05) is 13.1 Å². The third kappa shape index (κ3) is 1.73. The standard InChI is InChI=1S/C8H13NO/c1-2-8(10)9-6-4-3-5-7-9/h1,8,10H,3-7H2. The van der Waals surface area contributed by atoms with Crippen molar-refractivity contribution in [2.24, 2.45) is 0 Å². The third-order valence-corrected chi connectivity index (χ3v) is 1.89. The van der Waals surface area contributed by atoms with Crippen LogP contribution in [-0.4, -0.2) is 29.3 Å². The van der Waals surface area contributed by atoms with Gasteiger partial charge in [-0.2, -0.15) is 0 Å². The summed E-state index contributed by atoms with van der Waals surface area (Å²) >= 11 is 0. The molecule has 0 spiro atoms. The second kappa shape index (κ2) is 3.60. The lowest BCUT2D eigenvalue weighted by atomic mass is 10.1. The van der Waals surface area contributed by atoms with Crippen LogP contribution in [-0.2, 0) is 0 Å². The highest BCUT2D eigenvalue weighted by Gasteiger charge is 2.14. The molecule has 1 aliphatic heterocycles. The largest absolute Gasteiger partial charge is 0.367 e. The van der Waals surface area contributed by atoms with Gasteiger partial charge in [0.25, 0.3) is 0 Å². The molecule has 1 rings (SSSR count). The summed E-state index contributed by atoms with van der Waals surface area (Å²) < 4.78 is 0. The van der Waals surface area contributed by atoms with Gasteiger partial charge in [-0.05, 0) is 12.8 Å². The number of hydrogen-bond donors (Lipinski definition) is 1. The number of likely N-dealkylation sites (tertiary alicyclic amines) is 1. The molecule has 56 valence electrons. The molecule has 1 unspecified atom stereocenters. The molecule has 0 amide bonds. The highest BCUT2D eigenvalue weighted by molar-refractivity contribution is 4.93. The van der Waals surface area contributed by atoms with E-state index in [4.69, 9.17) is 6.42 Å². The highest BCUT2D eigenvalue weighted by atomic mass is 16.3. The van der Waals surface area contributed by atoms with E-state index in [-0.39, 0.29) is 0 Å². The van der Waals surface area contributed by atoms with E-state index in [0.29, 0.717) is 0 Å². The van der Waals surface area contributed by atoms with Crippen molar-refractivity contribution in [3.63, 3.8) is 0 Å². The fraction of sp³-hybridized carbons (Fsp3) is 0.750. The lowest BCUT2D eigenvalue weighted by Gasteiger charge is -2.27. The summed E-state index contributed by atoms with van der Waals surface area (Å²) in [5.41, 5.74) is 0. The Kier molecular flexibility index (Phi) is 2.73. The number of rotatable bonds is 1. The molecule has 1 N–H and O–H groups in total. The Bertz CT molecular complexity index is 133. The van der Waals surface area contributed by atoms with Crippen molar-refractivity contribution >= 4 is 0 Å². The van der Waals surface area contributed by atoms with Gasteiger partial charge in [-0.1, -0.05) is 12.3 Å². The second-order valence-corrected chi connectivity index (χ2v) is 2.64. The maximum Gasteiger partial charge on any atom is 0.170 e. The van der Waals surface area contributed by atoms with Crippen LogP contribution in [0.4, 0.5) is 0 Å². The van der Waals surface area contributed by atoms with Gasteiger partial charge in [-0.3, -0.25) is 4.90 Å². The zero-order chi connectivity index (χ0) is 7.40. The Morgan fingerprint density at radius 1 is 1.30 bits per heavy atom. The number of terminal acetylenes is 1. The fourth-order valence-electron chi connectivity index (χ4n) is 1.27.